The number of benzene rings is 1. The average Bonchev–Trinajstić information content (AvgIpc) is 3.50. The fraction of sp³-hybridized carbons (Fsp3) is 0.304. The Bertz CT molecular complexity index is 1410. The molecule has 1 atom stereocenters. The van der Waals surface area contributed by atoms with Crippen LogP contribution in [0.4, 0.5) is 4.39 Å². The minimum absolute atomic E-state index is 0.0145. The maximum absolute atomic E-state index is 13.5. The summed E-state index contributed by atoms with van der Waals surface area (Å²) in [6.07, 6.45) is 2.54. The summed E-state index contributed by atoms with van der Waals surface area (Å²) in [6.45, 7) is 3.05. The molecule has 0 aliphatic rings. The highest BCUT2D eigenvalue weighted by atomic mass is 32.2. The molecule has 0 unspecified atom stereocenters. The molecule has 3 heterocycles. The number of furan rings is 1. The summed E-state index contributed by atoms with van der Waals surface area (Å²) in [5, 5.41) is 7.52. The van der Waals surface area contributed by atoms with Crippen molar-refractivity contribution in [1.82, 2.24) is 24.7 Å². The van der Waals surface area contributed by atoms with Crippen LogP contribution in [-0.4, -0.2) is 52.6 Å². The molecule has 0 saturated carbocycles. The molecule has 0 saturated heterocycles. The van der Waals surface area contributed by atoms with Crippen molar-refractivity contribution in [2.45, 2.75) is 31.3 Å². The maximum atomic E-state index is 13.5. The molecule has 0 radical (unpaired) electrons. The minimum Gasteiger partial charge on any atom is -0.494 e. The van der Waals surface area contributed by atoms with Gasteiger partial charge in [-0.1, -0.05) is 6.07 Å². The molecule has 0 N–H and O–H groups in total. The van der Waals surface area contributed by atoms with E-state index >= 15 is 0 Å². The van der Waals surface area contributed by atoms with Gasteiger partial charge in [-0.15, -0.1) is 10.2 Å². The van der Waals surface area contributed by atoms with Crippen LogP contribution in [0.15, 0.2) is 47.2 Å². The van der Waals surface area contributed by atoms with E-state index in [0.29, 0.717) is 22.9 Å². The smallest absolute Gasteiger partial charge is 0.204 e. The van der Waals surface area contributed by atoms with Crippen molar-refractivity contribution in [3.05, 3.63) is 66.0 Å². The van der Waals surface area contributed by atoms with E-state index in [0.717, 1.165) is 6.20 Å². The number of halogens is 1. The van der Waals surface area contributed by atoms with Gasteiger partial charge in [-0.25, -0.2) is 22.8 Å². The van der Waals surface area contributed by atoms with Gasteiger partial charge < -0.3 is 13.9 Å². The van der Waals surface area contributed by atoms with Crippen LogP contribution in [0.2, 0.25) is 0 Å². The Morgan fingerprint density at radius 2 is 1.83 bits per heavy atom. The minimum atomic E-state index is -3.77. The molecule has 10 nitrogen and oxygen atoms in total. The van der Waals surface area contributed by atoms with Crippen molar-refractivity contribution in [1.29, 1.82) is 0 Å². The van der Waals surface area contributed by atoms with Gasteiger partial charge in [0.1, 0.15) is 28.8 Å². The zero-order valence-electron chi connectivity index (χ0n) is 19.6. The number of aryl methyl sites for hydroxylation is 1. The first-order valence-electron chi connectivity index (χ1n) is 10.6. The third-order valence-electron chi connectivity index (χ3n) is 5.48. The topological polar surface area (TPSA) is 122 Å². The maximum Gasteiger partial charge on any atom is 0.204 e. The molecule has 4 rings (SSSR count). The molecule has 3 aromatic heterocycles. The average molecular weight is 502 g/mol. The highest BCUT2D eigenvalue weighted by Gasteiger charge is 2.30. The van der Waals surface area contributed by atoms with Gasteiger partial charge in [0.15, 0.2) is 27.2 Å². The predicted octanol–water partition coefficient (Wildman–Crippen LogP) is 3.33. The number of methoxy groups -OCH3 is 2. The number of nitrogens with zero attached hydrogens (tertiary/aromatic N) is 5. The molecule has 4 aromatic rings. The van der Waals surface area contributed by atoms with E-state index in [1.54, 1.807) is 41.8 Å². The van der Waals surface area contributed by atoms with Crippen molar-refractivity contribution in [3.63, 3.8) is 0 Å². The Morgan fingerprint density at radius 1 is 1.11 bits per heavy atom. The SMILES string of the molecule is COc1cccc(OC)c1-n1c(CS(=O)(=O)[C@@H](C)Cc2ncc(F)c(C)n2)nnc1-c1ccco1. The van der Waals surface area contributed by atoms with E-state index in [1.807, 2.05) is 0 Å². The molecule has 35 heavy (non-hydrogen) atoms. The summed E-state index contributed by atoms with van der Waals surface area (Å²) in [7, 11) is -0.772. The number of para-hydroxylation sites is 1. The molecule has 0 bridgehead atoms. The van der Waals surface area contributed by atoms with E-state index in [2.05, 4.69) is 20.2 Å². The molecular formula is C23H24FN5O5S. The van der Waals surface area contributed by atoms with Crippen molar-refractivity contribution < 1.29 is 26.7 Å². The van der Waals surface area contributed by atoms with Crippen LogP contribution < -0.4 is 9.47 Å². The van der Waals surface area contributed by atoms with Crippen LogP contribution >= 0.6 is 0 Å². The number of hydrogen-bond acceptors (Lipinski definition) is 9. The summed E-state index contributed by atoms with van der Waals surface area (Å²) < 4.78 is 58.4. The van der Waals surface area contributed by atoms with Crippen LogP contribution in [0.3, 0.4) is 0 Å². The monoisotopic (exact) mass is 501 g/mol. The van der Waals surface area contributed by atoms with Crippen LogP contribution in [0.1, 0.15) is 24.3 Å². The third kappa shape index (κ3) is 4.87. The van der Waals surface area contributed by atoms with Crippen molar-refractivity contribution in [2.75, 3.05) is 14.2 Å². The fourth-order valence-corrected chi connectivity index (χ4v) is 4.80. The molecule has 0 amide bonds. The zero-order valence-corrected chi connectivity index (χ0v) is 20.4. The summed E-state index contributed by atoms with van der Waals surface area (Å²) in [5.74, 6) is 0.923. The summed E-state index contributed by atoms with van der Waals surface area (Å²) in [5.41, 5.74) is 0.593. The lowest BCUT2D eigenvalue weighted by Gasteiger charge is -2.18. The normalized spacial score (nSPS) is 12.5. The van der Waals surface area contributed by atoms with E-state index in [1.165, 1.54) is 27.4 Å². The highest BCUT2D eigenvalue weighted by molar-refractivity contribution is 7.91. The van der Waals surface area contributed by atoms with Crippen molar-refractivity contribution >= 4 is 9.84 Å². The molecule has 12 heteroatoms. The summed E-state index contributed by atoms with van der Waals surface area (Å²) in [6, 6.07) is 8.58. The lowest BCUT2D eigenvalue weighted by molar-refractivity contribution is 0.390. The Balaban J connectivity index is 1.76. The van der Waals surface area contributed by atoms with Gasteiger partial charge in [-0.3, -0.25) is 4.57 Å². The first-order valence-corrected chi connectivity index (χ1v) is 12.4. The Hall–Kier alpha value is -3.80. The van der Waals surface area contributed by atoms with Gasteiger partial charge in [-0.2, -0.15) is 0 Å². The van der Waals surface area contributed by atoms with Crippen molar-refractivity contribution in [3.8, 4) is 28.8 Å². The standard InChI is InChI=1S/C23H24FN5O5S/c1-14(11-20-25-12-16(24)15(2)26-20)35(30,31)13-21-27-28-23(19-9-6-10-34-19)29(21)22-17(32-3)7-5-8-18(22)33-4/h5-10,12,14H,11,13H2,1-4H3/t14-/m0/s1. The first kappa shape index (κ1) is 24.3. The number of sulfone groups is 1. The highest BCUT2D eigenvalue weighted by Crippen LogP contribution is 2.36. The third-order valence-corrected chi connectivity index (χ3v) is 7.53. The van der Waals surface area contributed by atoms with E-state index in [9.17, 15) is 12.8 Å². The van der Waals surface area contributed by atoms with Crippen LogP contribution in [0.5, 0.6) is 11.5 Å². The lowest BCUT2D eigenvalue weighted by atomic mass is 10.2. The van der Waals surface area contributed by atoms with E-state index < -0.39 is 26.7 Å². The van der Waals surface area contributed by atoms with Gasteiger partial charge in [0.25, 0.3) is 0 Å². The van der Waals surface area contributed by atoms with Crippen LogP contribution in [-0.2, 0) is 22.0 Å². The van der Waals surface area contributed by atoms with Gasteiger partial charge in [0.2, 0.25) is 5.82 Å². The number of ether oxygens (including phenoxy) is 2. The summed E-state index contributed by atoms with van der Waals surface area (Å²) in [4.78, 5) is 7.97. The first-order chi connectivity index (χ1) is 16.7. The van der Waals surface area contributed by atoms with Gasteiger partial charge in [0, 0.05) is 6.42 Å². The van der Waals surface area contributed by atoms with Gasteiger partial charge in [0.05, 0.1) is 37.6 Å². The Kier molecular flexibility index (Phi) is 6.83. The van der Waals surface area contributed by atoms with E-state index in [-0.39, 0.29) is 29.6 Å². The number of rotatable bonds is 9. The molecule has 0 fully saturated rings. The molecule has 1 aromatic carbocycles. The predicted molar refractivity (Wildman–Crippen MR) is 125 cm³/mol. The second-order valence-corrected chi connectivity index (χ2v) is 10.2. The fourth-order valence-electron chi connectivity index (χ4n) is 3.57. The second-order valence-electron chi connectivity index (χ2n) is 7.81. The van der Waals surface area contributed by atoms with Gasteiger partial charge in [-0.05, 0) is 38.1 Å². The van der Waals surface area contributed by atoms with Gasteiger partial charge >= 0.3 is 0 Å². The largest absolute Gasteiger partial charge is 0.494 e. The van der Waals surface area contributed by atoms with Crippen LogP contribution in [0.25, 0.3) is 17.3 Å². The summed E-state index contributed by atoms with van der Waals surface area (Å²) >= 11 is 0. The second kappa shape index (κ2) is 9.82. The zero-order chi connectivity index (χ0) is 25.2. The van der Waals surface area contributed by atoms with Crippen molar-refractivity contribution in [2.24, 2.45) is 0 Å². The molecule has 0 spiro atoms. The molecule has 184 valence electrons. The number of aromatic nitrogens is 5. The van der Waals surface area contributed by atoms with Crippen LogP contribution in [0, 0.1) is 12.7 Å². The molecule has 0 aliphatic carbocycles. The Labute approximate surface area is 201 Å². The Morgan fingerprint density at radius 3 is 2.43 bits per heavy atom. The van der Waals surface area contributed by atoms with E-state index in [4.69, 9.17) is 13.9 Å². The molecule has 0 aliphatic heterocycles. The lowest BCUT2D eigenvalue weighted by Crippen LogP contribution is -2.25. The quantitative estimate of drug-likeness (QED) is 0.340. The number of hydrogen-bond donors (Lipinski definition) is 0. The molecular weight excluding hydrogens is 477 g/mol.